The van der Waals surface area contributed by atoms with Gasteiger partial charge in [-0.15, -0.1) is 0 Å². The van der Waals surface area contributed by atoms with E-state index in [2.05, 4.69) is 28.3 Å². The fraction of sp³-hybridized carbons (Fsp3) is 0.667. The van der Waals surface area contributed by atoms with Gasteiger partial charge in [0.25, 0.3) is 0 Å². The predicted octanol–water partition coefficient (Wildman–Crippen LogP) is 0.532. The number of aliphatic carboxylic acids is 1. The summed E-state index contributed by atoms with van der Waals surface area (Å²) >= 11 is 0. The Balaban J connectivity index is 3.80. The molecule has 0 aromatic rings. The highest BCUT2D eigenvalue weighted by Gasteiger charge is 2.16. The van der Waals surface area contributed by atoms with Gasteiger partial charge in [-0.05, 0) is 13.5 Å². The number of carboxylic acid groups (broad SMARTS) is 1. The molecule has 82 valence electrons. The number of rotatable bonds is 6. The quantitative estimate of drug-likeness (QED) is 0.606. The topological polar surface area (TPSA) is 78.4 Å². The minimum atomic E-state index is -0.931. The van der Waals surface area contributed by atoms with Gasteiger partial charge in [-0.2, -0.15) is 0 Å². The third-order valence-corrected chi connectivity index (χ3v) is 2.84. The number of likely N-dealkylation sites (N-methyl/N-ethyl adjacent to an activating group) is 1. The summed E-state index contributed by atoms with van der Waals surface area (Å²) < 4.78 is 0. The Labute approximate surface area is 88.8 Å². The maximum atomic E-state index is 11.2. The Hall–Kier alpha value is 0.190. The first-order chi connectivity index (χ1) is 6.47. The van der Waals surface area contributed by atoms with E-state index in [9.17, 15) is 9.59 Å². The molecule has 5 nitrogen and oxygen atoms in total. The van der Waals surface area contributed by atoms with E-state index in [4.69, 9.17) is 5.11 Å². The molecule has 0 bridgehead atoms. The van der Waals surface area contributed by atoms with Crippen LogP contribution in [0.15, 0.2) is 0 Å². The average Bonchev–Trinajstić information content (AvgIpc) is 2.03. The molecular formula is C6H15N2O3P3. The van der Waals surface area contributed by atoms with Crippen molar-refractivity contribution < 1.29 is 14.7 Å². The molecule has 0 aromatic heterocycles. The first-order valence-electron chi connectivity index (χ1n) is 3.96. The maximum absolute atomic E-state index is 11.2. The number of carbonyl (C=O) groups excluding carboxylic acids is 1. The number of nitrogens with one attached hydrogen (secondary N) is 2. The largest absolute Gasteiger partial charge is 0.480 e. The zero-order chi connectivity index (χ0) is 11.1. The lowest BCUT2D eigenvalue weighted by Crippen LogP contribution is -2.34. The van der Waals surface area contributed by atoms with Gasteiger partial charge in [-0.3, -0.25) is 9.59 Å². The second kappa shape index (κ2) is 7.48. The second-order valence-electron chi connectivity index (χ2n) is 2.66. The average molecular weight is 256 g/mol. The zero-order valence-corrected chi connectivity index (χ0v) is 11.1. The Bertz CT molecular complexity index is 212. The standard InChI is InChI=1S/C6H15N2O3P3/c1-7-4(6(10)11)2-3-5(9)8-14(12)13/h4,7H,2-3,12-13H2,1H3,(H,8,9)(H,10,11). The van der Waals surface area contributed by atoms with Gasteiger partial charge < -0.3 is 15.5 Å². The molecule has 3 atom stereocenters. The molecule has 0 rings (SSSR count). The van der Waals surface area contributed by atoms with Gasteiger partial charge in [0, 0.05) is 13.9 Å². The van der Waals surface area contributed by atoms with E-state index in [0.717, 1.165) is 0 Å². The molecule has 0 heterocycles. The van der Waals surface area contributed by atoms with Gasteiger partial charge in [-0.25, -0.2) is 0 Å². The number of carboxylic acids is 1. The van der Waals surface area contributed by atoms with Gasteiger partial charge in [0.15, 0.2) is 0 Å². The molecule has 1 amide bonds. The number of hydrogen-bond donors (Lipinski definition) is 3. The van der Waals surface area contributed by atoms with E-state index >= 15 is 0 Å². The van der Waals surface area contributed by atoms with Crippen LogP contribution in [0.5, 0.6) is 0 Å². The van der Waals surface area contributed by atoms with Crippen molar-refractivity contribution in [3.8, 4) is 0 Å². The molecule has 0 radical (unpaired) electrons. The second-order valence-corrected chi connectivity index (χ2v) is 8.83. The van der Waals surface area contributed by atoms with E-state index < -0.39 is 19.5 Å². The van der Waals surface area contributed by atoms with Crippen molar-refractivity contribution in [2.24, 2.45) is 0 Å². The molecule has 3 N–H and O–H groups in total. The summed E-state index contributed by atoms with van der Waals surface area (Å²) in [5.41, 5.74) is 0. The van der Waals surface area contributed by atoms with Gasteiger partial charge in [0.05, 0.1) is 0 Å². The number of amides is 1. The fourth-order valence-electron chi connectivity index (χ4n) is 0.867. The summed E-state index contributed by atoms with van der Waals surface area (Å²) in [6, 6.07) is -0.652. The van der Waals surface area contributed by atoms with E-state index in [1.165, 1.54) is 0 Å². The van der Waals surface area contributed by atoms with Gasteiger partial charge in [0.2, 0.25) is 5.91 Å². The molecule has 14 heavy (non-hydrogen) atoms. The summed E-state index contributed by atoms with van der Waals surface area (Å²) in [5.74, 6) is -1.05. The molecule has 0 aliphatic carbocycles. The first kappa shape index (κ1) is 14.2. The van der Waals surface area contributed by atoms with Crippen molar-refractivity contribution in [1.29, 1.82) is 0 Å². The van der Waals surface area contributed by atoms with Crippen molar-refractivity contribution in [2.75, 3.05) is 7.05 Å². The number of hydrogen-bond acceptors (Lipinski definition) is 3. The minimum absolute atomic E-state index is 0.123. The van der Waals surface area contributed by atoms with Crippen molar-refractivity contribution in [1.82, 2.24) is 10.4 Å². The summed E-state index contributed by atoms with van der Waals surface area (Å²) in [4.78, 5) is 21.7. The van der Waals surface area contributed by atoms with E-state index in [1.54, 1.807) is 7.05 Å². The molecule has 0 aromatic carbocycles. The van der Waals surface area contributed by atoms with Crippen molar-refractivity contribution in [3.05, 3.63) is 0 Å². The Morgan fingerprint density at radius 2 is 2.07 bits per heavy atom. The molecule has 0 aliphatic heterocycles. The summed E-state index contributed by atoms with van der Waals surface area (Å²) in [6.45, 7) is 0. The molecule has 8 heteroatoms. The predicted molar refractivity (Wildman–Crippen MR) is 64.2 cm³/mol. The van der Waals surface area contributed by atoms with Gasteiger partial charge in [0.1, 0.15) is 6.04 Å². The lowest BCUT2D eigenvalue weighted by molar-refractivity contribution is -0.139. The van der Waals surface area contributed by atoms with Crippen molar-refractivity contribution in [2.45, 2.75) is 18.9 Å². The molecule has 0 saturated heterocycles. The van der Waals surface area contributed by atoms with Crippen LogP contribution in [-0.4, -0.2) is 30.1 Å². The summed E-state index contributed by atoms with van der Waals surface area (Å²) in [7, 11) is 5.88. The number of carbonyl (C=O) groups is 2. The fourth-order valence-corrected chi connectivity index (χ4v) is 2.13. The van der Waals surface area contributed by atoms with E-state index in [1.807, 2.05) is 0 Å². The minimum Gasteiger partial charge on any atom is -0.480 e. The van der Waals surface area contributed by atoms with Crippen molar-refractivity contribution in [3.63, 3.8) is 0 Å². The lowest BCUT2D eigenvalue weighted by Gasteiger charge is -2.11. The van der Waals surface area contributed by atoms with Crippen LogP contribution >= 0.6 is 25.3 Å². The van der Waals surface area contributed by atoms with Crippen LogP contribution in [0.25, 0.3) is 0 Å². The van der Waals surface area contributed by atoms with Gasteiger partial charge >= 0.3 is 5.97 Å². The highest BCUT2D eigenvalue weighted by Crippen LogP contribution is 2.48. The van der Waals surface area contributed by atoms with Gasteiger partial charge in [-0.1, -0.05) is 17.9 Å². The molecule has 0 aliphatic rings. The van der Waals surface area contributed by atoms with Crippen LogP contribution in [-0.2, 0) is 9.59 Å². The Kier molecular flexibility index (Phi) is 7.58. The lowest BCUT2D eigenvalue weighted by atomic mass is 10.1. The SMILES string of the molecule is CNC(CCC(=O)NP(P)P)C(=O)O. The maximum Gasteiger partial charge on any atom is 0.320 e. The van der Waals surface area contributed by atoms with Crippen LogP contribution in [0.1, 0.15) is 12.8 Å². The Morgan fingerprint density at radius 3 is 2.43 bits per heavy atom. The summed E-state index contributed by atoms with van der Waals surface area (Å²) in [6.07, 6.45) is 0.523. The molecular weight excluding hydrogens is 241 g/mol. The van der Waals surface area contributed by atoms with Crippen LogP contribution in [0.3, 0.4) is 0 Å². The zero-order valence-electron chi connectivity index (χ0n) is 7.86. The van der Waals surface area contributed by atoms with Crippen molar-refractivity contribution >= 4 is 37.2 Å². The van der Waals surface area contributed by atoms with Crippen LogP contribution in [0.4, 0.5) is 0 Å². The first-order valence-corrected chi connectivity index (χ1v) is 8.54. The van der Waals surface area contributed by atoms with Crippen LogP contribution in [0.2, 0.25) is 0 Å². The smallest absolute Gasteiger partial charge is 0.320 e. The highest BCUT2D eigenvalue weighted by molar-refractivity contribution is 8.42. The molecule has 0 fully saturated rings. The van der Waals surface area contributed by atoms with Crippen LogP contribution in [0, 0.1) is 0 Å². The Morgan fingerprint density at radius 1 is 1.50 bits per heavy atom. The molecule has 0 spiro atoms. The summed E-state index contributed by atoms with van der Waals surface area (Å²) in [5, 5.41) is 14.0. The third kappa shape index (κ3) is 6.62. The third-order valence-electron chi connectivity index (χ3n) is 1.56. The van der Waals surface area contributed by atoms with Crippen LogP contribution < -0.4 is 10.4 Å². The molecule has 3 unspecified atom stereocenters. The monoisotopic (exact) mass is 256 g/mol. The highest BCUT2D eigenvalue weighted by atomic mass is 32.4. The normalized spacial score (nSPS) is 12.6. The van der Waals surface area contributed by atoms with E-state index in [0.29, 0.717) is 6.42 Å². The molecule has 0 saturated carbocycles. The van der Waals surface area contributed by atoms with E-state index in [-0.39, 0.29) is 12.3 Å².